The zero-order valence-electron chi connectivity index (χ0n) is 22.3. The molecule has 4 saturated carbocycles. The van der Waals surface area contributed by atoms with Crippen LogP contribution >= 0.6 is 0 Å². The van der Waals surface area contributed by atoms with E-state index in [2.05, 4.69) is 6.92 Å². The minimum Gasteiger partial charge on any atom is -0.481 e. The van der Waals surface area contributed by atoms with Gasteiger partial charge in [0, 0.05) is 50.0 Å². The van der Waals surface area contributed by atoms with Gasteiger partial charge >= 0.3 is 5.97 Å². The molecule has 0 radical (unpaired) electrons. The van der Waals surface area contributed by atoms with Crippen LogP contribution < -0.4 is 5.73 Å². The van der Waals surface area contributed by atoms with Crippen molar-refractivity contribution in [3.8, 4) is 0 Å². The van der Waals surface area contributed by atoms with Crippen LogP contribution in [0, 0.1) is 46.3 Å². The van der Waals surface area contributed by atoms with Crippen LogP contribution in [0.3, 0.4) is 0 Å². The van der Waals surface area contributed by atoms with Gasteiger partial charge in [-0.05, 0) is 60.7 Å². The first kappa shape index (κ1) is 29.1. The van der Waals surface area contributed by atoms with Crippen LogP contribution in [0.15, 0.2) is 0 Å². The predicted octanol–water partition coefficient (Wildman–Crippen LogP) is 0.753. The van der Waals surface area contributed by atoms with Gasteiger partial charge in [0.2, 0.25) is 0 Å². The molecule has 0 saturated heterocycles. The Morgan fingerprint density at radius 1 is 1.03 bits per heavy atom. The maximum absolute atomic E-state index is 11.7. The maximum atomic E-state index is 11.7. The first-order chi connectivity index (χ1) is 17.0. The van der Waals surface area contributed by atoms with Gasteiger partial charge in [-0.25, -0.2) is 0 Å². The molecule has 10 heteroatoms. The number of aliphatic hydroxyl groups is 6. The SMILES string of the molecule is C[C@H](CCC(=O)O)[C@H]1CC[C@H]2[C@H]3[C@H](CC(O)(O)[C@]12C)[C@@]1(C)CC[C@](O)(OCC(O)CN)C[C@H]1CC3(O)O. The third kappa shape index (κ3) is 4.75. The minimum absolute atomic E-state index is 0.00251. The Kier molecular flexibility index (Phi) is 7.61. The van der Waals surface area contributed by atoms with E-state index in [1.165, 1.54) is 0 Å². The van der Waals surface area contributed by atoms with Crippen LogP contribution in [0.5, 0.6) is 0 Å². The van der Waals surface area contributed by atoms with Crippen LogP contribution in [0.25, 0.3) is 0 Å². The lowest BCUT2D eigenvalue weighted by molar-refractivity contribution is -0.374. The summed E-state index contributed by atoms with van der Waals surface area (Å²) >= 11 is 0. The molecule has 4 fully saturated rings. The number of carboxylic acids is 1. The van der Waals surface area contributed by atoms with E-state index in [-0.39, 0.29) is 68.9 Å². The summed E-state index contributed by atoms with van der Waals surface area (Å²) in [4.78, 5) is 11.2. The second-order valence-electron chi connectivity index (χ2n) is 13.3. The molecule has 0 aliphatic heterocycles. The molecule has 9 N–H and O–H groups in total. The fourth-order valence-corrected chi connectivity index (χ4v) is 9.16. The summed E-state index contributed by atoms with van der Waals surface area (Å²) in [7, 11) is 0. The van der Waals surface area contributed by atoms with E-state index >= 15 is 0 Å². The highest BCUT2D eigenvalue weighted by Gasteiger charge is 2.73. The number of rotatable bonds is 8. The van der Waals surface area contributed by atoms with Crippen molar-refractivity contribution >= 4 is 5.97 Å². The number of nitrogens with two attached hydrogens (primary N) is 1. The van der Waals surface area contributed by atoms with Gasteiger partial charge in [0.1, 0.15) is 0 Å². The number of ether oxygens (including phenoxy) is 1. The third-order valence-corrected chi connectivity index (χ3v) is 11.4. The monoisotopic (exact) mass is 529 g/mol. The number of aliphatic hydroxyl groups excluding tert-OH is 1. The molecule has 0 aromatic rings. The molecule has 0 amide bonds. The molecule has 4 rings (SSSR count). The van der Waals surface area contributed by atoms with Crippen molar-refractivity contribution in [2.24, 2.45) is 52.1 Å². The Hall–Kier alpha value is -0.850. The van der Waals surface area contributed by atoms with Gasteiger partial charge in [0.25, 0.3) is 0 Å². The lowest BCUT2D eigenvalue weighted by atomic mass is 9.41. The molecule has 0 heterocycles. The van der Waals surface area contributed by atoms with Crippen molar-refractivity contribution in [1.82, 2.24) is 0 Å². The van der Waals surface area contributed by atoms with Crippen LogP contribution in [0.2, 0.25) is 0 Å². The van der Waals surface area contributed by atoms with Gasteiger partial charge in [-0.15, -0.1) is 0 Å². The third-order valence-electron chi connectivity index (χ3n) is 11.4. The van der Waals surface area contributed by atoms with E-state index in [1.54, 1.807) is 0 Å². The van der Waals surface area contributed by atoms with E-state index in [4.69, 9.17) is 15.6 Å². The molecule has 214 valence electrons. The Morgan fingerprint density at radius 3 is 2.32 bits per heavy atom. The van der Waals surface area contributed by atoms with Crippen molar-refractivity contribution < 1.29 is 45.3 Å². The lowest BCUT2D eigenvalue weighted by Gasteiger charge is -2.67. The first-order valence-electron chi connectivity index (χ1n) is 13.9. The highest BCUT2D eigenvalue weighted by atomic mass is 16.6. The summed E-state index contributed by atoms with van der Waals surface area (Å²) in [5, 5.41) is 76.4. The topological polar surface area (TPSA) is 194 Å². The lowest BCUT2D eigenvalue weighted by Crippen LogP contribution is -2.70. The molecule has 1 unspecified atom stereocenters. The highest BCUT2D eigenvalue weighted by molar-refractivity contribution is 5.66. The van der Waals surface area contributed by atoms with E-state index in [0.29, 0.717) is 25.7 Å². The van der Waals surface area contributed by atoms with Gasteiger partial charge in [0.05, 0.1) is 12.7 Å². The van der Waals surface area contributed by atoms with Gasteiger partial charge in [-0.2, -0.15) is 0 Å². The van der Waals surface area contributed by atoms with Crippen LogP contribution in [-0.2, 0) is 9.53 Å². The molecule has 4 aliphatic rings. The molecule has 10 nitrogen and oxygen atoms in total. The van der Waals surface area contributed by atoms with Crippen LogP contribution in [0.4, 0.5) is 0 Å². The van der Waals surface area contributed by atoms with Gasteiger partial charge in [-0.1, -0.05) is 20.8 Å². The molecule has 10 atom stereocenters. The normalized spacial score (nSPS) is 45.8. The fourth-order valence-electron chi connectivity index (χ4n) is 9.16. The van der Waals surface area contributed by atoms with Crippen molar-refractivity contribution in [2.75, 3.05) is 13.2 Å². The summed E-state index contributed by atoms with van der Waals surface area (Å²) < 4.78 is 5.65. The van der Waals surface area contributed by atoms with Crippen molar-refractivity contribution in [2.45, 2.75) is 102 Å². The Balaban J connectivity index is 1.62. The Bertz CT molecular complexity index is 867. The number of aliphatic carboxylic acids is 1. The second-order valence-corrected chi connectivity index (χ2v) is 13.3. The average Bonchev–Trinajstić information content (AvgIpc) is 3.16. The van der Waals surface area contributed by atoms with Crippen molar-refractivity contribution in [1.29, 1.82) is 0 Å². The molecule has 37 heavy (non-hydrogen) atoms. The quantitative estimate of drug-likeness (QED) is 0.208. The summed E-state index contributed by atoms with van der Waals surface area (Å²) in [5.74, 6) is -8.44. The van der Waals surface area contributed by atoms with Gasteiger partial charge in [-0.3, -0.25) is 4.79 Å². The van der Waals surface area contributed by atoms with E-state index in [0.717, 1.165) is 0 Å². The fraction of sp³-hybridized carbons (Fsp3) is 0.963. The van der Waals surface area contributed by atoms with E-state index in [1.807, 2.05) is 13.8 Å². The first-order valence-corrected chi connectivity index (χ1v) is 13.9. The van der Waals surface area contributed by atoms with Crippen LogP contribution in [0.1, 0.15) is 78.6 Å². The Morgan fingerprint density at radius 2 is 1.70 bits per heavy atom. The number of hydrogen-bond donors (Lipinski definition) is 8. The number of fused-ring (bicyclic) bond motifs is 5. The molecule has 0 bridgehead atoms. The molecular weight excluding hydrogens is 482 g/mol. The molecule has 0 spiro atoms. The molecule has 0 aromatic heterocycles. The van der Waals surface area contributed by atoms with E-state index in [9.17, 15) is 35.4 Å². The van der Waals surface area contributed by atoms with Gasteiger partial charge < -0.3 is 46.2 Å². The number of carboxylic acid groups (broad SMARTS) is 1. The number of carbonyl (C=O) groups is 1. The predicted molar refractivity (Wildman–Crippen MR) is 132 cm³/mol. The minimum atomic E-state index is -2.06. The summed E-state index contributed by atoms with van der Waals surface area (Å²) in [6.45, 7) is 5.73. The second kappa shape index (κ2) is 9.66. The zero-order valence-corrected chi connectivity index (χ0v) is 22.3. The van der Waals surface area contributed by atoms with E-state index < -0.39 is 52.1 Å². The summed E-state index contributed by atoms with van der Waals surface area (Å²) in [5.41, 5.74) is 3.96. The zero-order chi connectivity index (χ0) is 27.6. The average molecular weight is 530 g/mol. The standard InChI is InChI=1S/C27H47NO9/c1-15(4-7-21(30)31)18-5-6-19-22-20(12-27(35,36)24(18,19)3)23(2)8-9-25(32,37-14-17(29)13-28)10-16(23)11-26(22,33)34/h15-20,22,29,32-36H,4-14,28H2,1-3H3,(H,30,31)/t15-,16+,17?,18-,19+,20+,22+,23+,24-,25+/m1/s1. The van der Waals surface area contributed by atoms with Crippen molar-refractivity contribution in [3.05, 3.63) is 0 Å². The highest BCUT2D eigenvalue weighted by Crippen LogP contribution is 2.72. The number of hydrogen-bond acceptors (Lipinski definition) is 9. The van der Waals surface area contributed by atoms with Crippen LogP contribution in [-0.4, -0.2) is 78.3 Å². The van der Waals surface area contributed by atoms with Crippen molar-refractivity contribution in [3.63, 3.8) is 0 Å². The maximum Gasteiger partial charge on any atom is 0.303 e. The summed E-state index contributed by atoms with van der Waals surface area (Å²) in [6.07, 6.45) is 1.74. The van der Waals surface area contributed by atoms with Gasteiger partial charge in [0.15, 0.2) is 17.4 Å². The largest absolute Gasteiger partial charge is 0.481 e. The molecular formula is C27H47NO9. The summed E-state index contributed by atoms with van der Waals surface area (Å²) in [6, 6.07) is 0. The molecule has 4 aliphatic carbocycles. The molecule has 0 aromatic carbocycles. The Labute approximate surface area is 218 Å². The smallest absolute Gasteiger partial charge is 0.303 e.